The summed E-state index contributed by atoms with van der Waals surface area (Å²) in [6.07, 6.45) is 3.61. The van der Waals surface area contributed by atoms with Gasteiger partial charge in [-0.15, -0.1) is 0 Å². The van der Waals surface area contributed by atoms with Crippen molar-refractivity contribution in [2.75, 3.05) is 31.1 Å². The zero-order chi connectivity index (χ0) is 13.2. The van der Waals surface area contributed by atoms with E-state index < -0.39 is 9.84 Å². The highest BCUT2D eigenvalue weighted by molar-refractivity contribution is 7.91. The highest BCUT2D eigenvalue weighted by Crippen LogP contribution is 2.27. The van der Waals surface area contributed by atoms with Crippen LogP contribution in [0, 0.1) is 5.92 Å². The van der Waals surface area contributed by atoms with Crippen molar-refractivity contribution in [3.8, 4) is 0 Å². The Kier molecular flexibility index (Phi) is 4.67. The van der Waals surface area contributed by atoms with Crippen LogP contribution < -0.4 is 5.32 Å². The lowest BCUT2D eigenvalue weighted by molar-refractivity contribution is 0.223. The van der Waals surface area contributed by atoms with Gasteiger partial charge in [-0.05, 0) is 31.7 Å². The summed E-state index contributed by atoms with van der Waals surface area (Å²) in [7, 11) is -2.79. The molecule has 1 N–H and O–H groups in total. The summed E-state index contributed by atoms with van der Waals surface area (Å²) < 4.78 is 23.2. The summed E-state index contributed by atoms with van der Waals surface area (Å²) in [5.74, 6) is 1.32. The third-order valence-corrected chi connectivity index (χ3v) is 5.47. The van der Waals surface area contributed by atoms with Crippen LogP contribution >= 0.6 is 0 Å². The van der Waals surface area contributed by atoms with Crippen LogP contribution in [0.4, 0.5) is 0 Å². The van der Waals surface area contributed by atoms with Crippen LogP contribution in [0.5, 0.6) is 0 Å². The fourth-order valence-corrected chi connectivity index (χ4v) is 4.20. The molecule has 1 aliphatic heterocycles. The molecule has 4 nitrogen and oxygen atoms in total. The highest BCUT2D eigenvalue weighted by atomic mass is 32.2. The molecular formula is C13H26N2O2S. The number of hydrogen-bond donors (Lipinski definition) is 1. The summed E-state index contributed by atoms with van der Waals surface area (Å²) in [5.41, 5.74) is 0. The van der Waals surface area contributed by atoms with Crippen molar-refractivity contribution in [3.63, 3.8) is 0 Å². The van der Waals surface area contributed by atoms with E-state index in [2.05, 4.69) is 24.1 Å². The molecule has 2 rings (SSSR count). The summed E-state index contributed by atoms with van der Waals surface area (Å²) in [6.45, 7) is 7.30. The first-order chi connectivity index (χ1) is 8.46. The molecule has 0 amide bonds. The van der Waals surface area contributed by atoms with Crippen molar-refractivity contribution >= 4 is 9.84 Å². The van der Waals surface area contributed by atoms with E-state index in [1.165, 1.54) is 12.8 Å². The van der Waals surface area contributed by atoms with Gasteiger partial charge in [0.1, 0.15) is 0 Å². The molecule has 1 saturated heterocycles. The van der Waals surface area contributed by atoms with Crippen LogP contribution in [-0.2, 0) is 9.84 Å². The molecule has 2 fully saturated rings. The Morgan fingerprint density at radius 3 is 2.61 bits per heavy atom. The van der Waals surface area contributed by atoms with Gasteiger partial charge >= 0.3 is 0 Å². The lowest BCUT2D eigenvalue weighted by Gasteiger charge is -2.28. The van der Waals surface area contributed by atoms with E-state index in [-0.39, 0.29) is 6.04 Å². The second-order valence-electron chi connectivity index (χ2n) is 6.17. The van der Waals surface area contributed by atoms with Gasteiger partial charge in [-0.1, -0.05) is 13.8 Å². The van der Waals surface area contributed by atoms with Crippen LogP contribution in [0.1, 0.15) is 33.1 Å². The lowest BCUT2D eigenvalue weighted by atomic mass is 10.1. The molecule has 18 heavy (non-hydrogen) atoms. The first-order valence-corrected chi connectivity index (χ1v) is 8.96. The Balaban J connectivity index is 1.78. The molecule has 1 saturated carbocycles. The van der Waals surface area contributed by atoms with Gasteiger partial charge in [-0.3, -0.25) is 0 Å². The van der Waals surface area contributed by atoms with E-state index in [1.807, 2.05) is 0 Å². The van der Waals surface area contributed by atoms with Gasteiger partial charge in [0, 0.05) is 25.2 Å². The van der Waals surface area contributed by atoms with Gasteiger partial charge < -0.3 is 10.2 Å². The minimum atomic E-state index is -2.79. The molecule has 0 aromatic carbocycles. The Bertz CT molecular complexity index is 363. The van der Waals surface area contributed by atoms with Crippen LogP contribution in [0.15, 0.2) is 0 Å². The van der Waals surface area contributed by atoms with Gasteiger partial charge in [0.15, 0.2) is 9.84 Å². The molecule has 0 aromatic heterocycles. The average Bonchev–Trinajstić information content (AvgIpc) is 3.06. The zero-order valence-electron chi connectivity index (χ0n) is 11.6. The maximum atomic E-state index is 11.6. The van der Waals surface area contributed by atoms with Crippen LogP contribution in [0.3, 0.4) is 0 Å². The molecule has 1 atom stereocenters. The maximum absolute atomic E-state index is 11.6. The molecule has 2 aliphatic rings. The number of sulfone groups is 1. The van der Waals surface area contributed by atoms with Gasteiger partial charge in [-0.2, -0.15) is 0 Å². The second-order valence-corrected chi connectivity index (χ2v) is 8.40. The minimum Gasteiger partial charge on any atom is -0.312 e. The Morgan fingerprint density at radius 1 is 1.33 bits per heavy atom. The molecule has 1 heterocycles. The quantitative estimate of drug-likeness (QED) is 0.781. The van der Waals surface area contributed by atoms with Crippen LogP contribution in [0.2, 0.25) is 0 Å². The molecule has 0 radical (unpaired) electrons. The highest BCUT2D eigenvalue weighted by Gasteiger charge is 2.30. The number of nitrogens with one attached hydrogen (secondary N) is 1. The van der Waals surface area contributed by atoms with E-state index in [0.717, 1.165) is 25.6 Å². The topological polar surface area (TPSA) is 49.4 Å². The number of hydrogen-bond acceptors (Lipinski definition) is 4. The Hall–Kier alpha value is -0.130. The van der Waals surface area contributed by atoms with E-state index in [0.29, 0.717) is 24.0 Å². The summed E-state index contributed by atoms with van der Waals surface area (Å²) in [5, 5.41) is 3.34. The largest absolute Gasteiger partial charge is 0.312 e. The van der Waals surface area contributed by atoms with Crippen molar-refractivity contribution in [2.45, 2.75) is 45.2 Å². The van der Waals surface area contributed by atoms with Crippen molar-refractivity contribution < 1.29 is 8.42 Å². The first-order valence-electron chi connectivity index (χ1n) is 7.14. The molecule has 1 unspecified atom stereocenters. The number of nitrogens with zero attached hydrogens (tertiary/aromatic N) is 1. The minimum absolute atomic E-state index is 0.164. The summed E-state index contributed by atoms with van der Waals surface area (Å²) >= 11 is 0. The van der Waals surface area contributed by atoms with Gasteiger partial charge in [0.25, 0.3) is 0 Å². The fourth-order valence-electron chi connectivity index (χ4n) is 2.71. The van der Waals surface area contributed by atoms with Gasteiger partial charge in [-0.25, -0.2) is 8.42 Å². The first kappa shape index (κ1) is 14.3. The van der Waals surface area contributed by atoms with Crippen molar-refractivity contribution in [3.05, 3.63) is 0 Å². The molecule has 106 valence electrons. The molecule has 5 heteroatoms. The molecule has 1 aliphatic carbocycles. The number of rotatable bonds is 6. The molecule has 0 bridgehead atoms. The Morgan fingerprint density at radius 2 is 2.06 bits per heavy atom. The van der Waals surface area contributed by atoms with E-state index >= 15 is 0 Å². The smallest absolute Gasteiger partial charge is 0.153 e. The average molecular weight is 274 g/mol. The molecule has 0 aromatic rings. The summed E-state index contributed by atoms with van der Waals surface area (Å²) in [6, 6.07) is 0.935. The predicted molar refractivity (Wildman–Crippen MR) is 74.5 cm³/mol. The zero-order valence-corrected chi connectivity index (χ0v) is 12.4. The SMILES string of the molecule is CC(C)CN(CCC1CS(=O)(=O)CCN1)C1CC1. The van der Waals surface area contributed by atoms with E-state index in [4.69, 9.17) is 0 Å². The Labute approximate surface area is 111 Å². The predicted octanol–water partition coefficient (Wildman–Crippen LogP) is 0.884. The standard InChI is InChI=1S/C13H26N2O2S/c1-11(2)9-15(13-3-4-13)7-5-12-10-18(16,17)8-6-14-12/h11-14H,3-10H2,1-2H3. The van der Waals surface area contributed by atoms with E-state index in [1.54, 1.807) is 0 Å². The normalized spacial score (nSPS) is 27.9. The lowest BCUT2D eigenvalue weighted by Crippen LogP contribution is -2.46. The summed E-state index contributed by atoms with van der Waals surface area (Å²) in [4.78, 5) is 2.55. The monoisotopic (exact) mass is 274 g/mol. The van der Waals surface area contributed by atoms with E-state index in [9.17, 15) is 8.42 Å². The molecule has 0 spiro atoms. The van der Waals surface area contributed by atoms with Gasteiger partial charge in [0.05, 0.1) is 11.5 Å². The van der Waals surface area contributed by atoms with Crippen molar-refractivity contribution in [1.29, 1.82) is 0 Å². The third-order valence-electron chi connectivity index (χ3n) is 3.73. The van der Waals surface area contributed by atoms with Crippen molar-refractivity contribution in [1.82, 2.24) is 10.2 Å². The van der Waals surface area contributed by atoms with Crippen LogP contribution in [-0.4, -0.2) is 56.5 Å². The molecular weight excluding hydrogens is 248 g/mol. The third kappa shape index (κ3) is 4.52. The maximum Gasteiger partial charge on any atom is 0.153 e. The van der Waals surface area contributed by atoms with Crippen LogP contribution in [0.25, 0.3) is 0 Å². The fraction of sp³-hybridized carbons (Fsp3) is 1.00. The second kappa shape index (κ2) is 5.88. The van der Waals surface area contributed by atoms with Crippen molar-refractivity contribution in [2.24, 2.45) is 5.92 Å². The van der Waals surface area contributed by atoms with Gasteiger partial charge in [0.2, 0.25) is 0 Å².